The van der Waals surface area contributed by atoms with E-state index in [2.05, 4.69) is 10.2 Å². The molecule has 50 valence electrons. The van der Waals surface area contributed by atoms with Crippen molar-refractivity contribution in [2.75, 3.05) is 0 Å². The molecule has 0 aliphatic carbocycles. The first-order chi connectivity index (χ1) is 4.88. The highest BCUT2D eigenvalue weighted by Gasteiger charge is 1.98. The van der Waals surface area contributed by atoms with Crippen molar-refractivity contribution in [3.63, 3.8) is 0 Å². The molecule has 2 aromatic rings. The first-order valence-electron chi connectivity index (χ1n) is 2.79. The van der Waals surface area contributed by atoms with Gasteiger partial charge in [-0.3, -0.25) is 4.79 Å². The Hall–Kier alpha value is -1.58. The summed E-state index contributed by atoms with van der Waals surface area (Å²) < 4.78 is 4.86. The molecule has 0 atom stereocenters. The fourth-order valence-electron chi connectivity index (χ4n) is 0.817. The lowest BCUT2D eigenvalue weighted by Crippen LogP contribution is -2.05. The molecule has 1 N–H and O–H groups in total. The third kappa shape index (κ3) is 0.556. The fourth-order valence-corrected chi connectivity index (χ4v) is 0.817. The monoisotopic (exact) mass is 136 g/mol. The number of fused-ring (bicyclic) bond motifs is 1. The normalized spacial score (nSPS) is 10.4. The molecule has 0 amide bonds. The Balaban J connectivity index is 3.09. The van der Waals surface area contributed by atoms with Gasteiger partial charge in [0.2, 0.25) is 5.58 Å². The van der Waals surface area contributed by atoms with E-state index in [9.17, 15) is 4.79 Å². The Morgan fingerprint density at radius 3 is 3.30 bits per heavy atom. The molecule has 10 heavy (non-hydrogen) atoms. The summed E-state index contributed by atoms with van der Waals surface area (Å²) in [5.41, 5.74) is 0.0394. The van der Waals surface area contributed by atoms with Gasteiger partial charge in [0.15, 0.2) is 0 Å². The van der Waals surface area contributed by atoms with Crippen molar-refractivity contribution in [3.8, 4) is 0 Å². The number of aromatic nitrogens is 2. The SMILES string of the molecule is O=c1[nH]ncc2ccoc12. The number of H-pyrrole nitrogens is 1. The molecule has 0 radical (unpaired) electrons. The molecule has 0 saturated carbocycles. The highest BCUT2D eigenvalue weighted by atomic mass is 16.3. The highest BCUT2D eigenvalue weighted by Crippen LogP contribution is 2.06. The van der Waals surface area contributed by atoms with Crippen molar-refractivity contribution in [2.45, 2.75) is 0 Å². The Kier molecular flexibility index (Phi) is 0.887. The lowest BCUT2D eigenvalue weighted by Gasteiger charge is -1.81. The van der Waals surface area contributed by atoms with Gasteiger partial charge in [0, 0.05) is 5.39 Å². The van der Waals surface area contributed by atoms with E-state index in [-0.39, 0.29) is 5.56 Å². The zero-order valence-corrected chi connectivity index (χ0v) is 5.00. The maximum Gasteiger partial charge on any atom is 0.307 e. The predicted molar refractivity (Wildman–Crippen MR) is 34.6 cm³/mol. The Morgan fingerprint density at radius 2 is 2.50 bits per heavy atom. The van der Waals surface area contributed by atoms with Crippen molar-refractivity contribution < 1.29 is 4.42 Å². The van der Waals surface area contributed by atoms with Gasteiger partial charge in [0.25, 0.3) is 0 Å². The van der Waals surface area contributed by atoms with Crippen molar-refractivity contribution in [1.82, 2.24) is 10.2 Å². The van der Waals surface area contributed by atoms with Crippen LogP contribution in [0.15, 0.2) is 27.7 Å². The van der Waals surface area contributed by atoms with Crippen LogP contribution in [0.1, 0.15) is 0 Å². The number of nitrogens with zero attached hydrogens (tertiary/aromatic N) is 1. The van der Waals surface area contributed by atoms with E-state index >= 15 is 0 Å². The summed E-state index contributed by atoms with van der Waals surface area (Å²) in [5.74, 6) is 0. The Morgan fingerprint density at radius 1 is 1.60 bits per heavy atom. The predicted octanol–water partition coefficient (Wildman–Crippen LogP) is 0.516. The van der Waals surface area contributed by atoms with E-state index in [1.54, 1.807) is 12.3 Å². The molecule has 2 aromatic heterocycles. The standard InChI is InChI=1S/C6H4N2O2/c9-6-5-4(1-2-10-5)3-7-8-6/h1-3H,(H,8,9). The van der Waals surface area contributed by atoms with E-state index in [1.807, 2.05) is 0 Å². The molecule has 4 nitrogen and oxygen atoms in total. The summed E-state index contributed by atoms with van der Waals surface area (Å²) >= 11 is 0. The van der Waals surface area contributed by atoms with Crippen LogP contribution in [0.3, 0.4) is 0 Å². The number of hydrogen-bond acceptors (Lipinski definition) is 3. The van der Waals surface area contributed by atoms with Crippen LogP contribution in [-0.2, 0) is 0 Å². The fraction of sp³-hybridized carbons (Fsp3) is 0. The summed E-state index contributed by atoms with van der Waals surface area (Å²) in [4.78, 5) is 10.8. The van der Waals surface area contributed by atoms with Crippen LogP contribution < -0.4 is 5.56 Å². The van der Waals surface area contributed by atoms with E-state index < -0.39 is 0 Å². The number of furan rings is 1. The average molecular weight is 136 g/mol. The van der Waals surface area contributed by atoms with Crippen LogP contribution in [0, 0.1) is 0 Å². The summed E-state index contributed by atoms with van der Waals surface area (Å²) in [6, 6.07) is 1.69. The maximum atomic E-state index is 10.8. The number of aromatic amines is 1. The topological polar surface area (TPSA) is 58.9 Å². The van der Waals surface area contributed by atoms with Crippen molar-refractivity contribution in [3.05, 3.63) is 28.9 Å². The summed E-state index contributed by atoms with van der Waals surface area (Å²) in [5, 5.41) is 6.57. The maximum absolute atomic E-state index is 10.8. The van der Waals surface area contributed by atoms with E-state index in [4.69, 9.17) is 4.42 Å². The molecule has 0 aliphatic heterocycles. The quantitative estimate of drug-likeness (QED) is 0.574. The second-order valence-electron chi connectivity index (χ2n) is 1.90. The molecule has 0 saturated heterocycles. The Labute approximate surface area is 55.5 Å². The number of rotatable bonds is 0. The minimum absolute atomic E-state index is 0.289. The van der Waals surface area contributed by atoms with Crippen LogP contribution >= 0.6 is 0 Å². The van der Waals surface area contributed by atoms with Gasteiger partial charge < -0.3 is 4.42 Å². The summed E-state index contributed by atoms with van der Waals surface area (Å²) in [6.07, 6.45) is 3.00. The van der Waals surface area contributed by atoms with Crippen LogP contribution in [0.5, 0.6) is 0 Å². The summed E-state index contributed by atoms with van der Waals surface area (Å²) in [7, 11) is 0. The molecule has 2 rings (SSSR count). The zero-order chi connectivity index (χ0) is 6.97. The third-order valence-corrected chi connectivity index (χ3v) is 1.27. The lowest BCUT2D eigenvalue weighted by atomic mass is 10.4. The number of nitrogens with one attached hydrogen (secondary N) is 1. The van der Waals surface area contributed by atoms with Gasteiger partial charge in [0.05, 0.1) is 12.5 Å². The Bertz CT molecular complexity index is 401. The van der Waals surface area contributed by atoms with Crippen molar-refractivity contribution in [2.24, 2.45) is 0 Å². The molecule has 0 aromatic carbocycles. The minimum Gasteiger partial charge on any atom is -0.458 e. The molecular weight excluding hydrogens is 132 g/mol. The molecule has 0 unspecified atom stereocenters. The molecule has 0 fully saturated rings. The van der Waals surface area contributed by atoms with E-state index in [0.717, 1.165) is 5.39 Å². The second-order valence-corrected chi connectivity index (χ2v) is 1.90. The van der Waals surface area contributed by atoms with Crippen LogP contribution in [0.25, 0.3) is 11.0 Å². The molecule has 0 bridgehead atoms. The summed E-state index contributed by atoms with van der Waals surface area (Å²) in [6.45, 7) is 0. The first-order valence-corrected chi connectivity index (χ1v) is 2.79. The third-order valence-electron chi connectivity index (χ3n) is 1.27. The van der Waals surface area contributed by atoms with Gasteiger partial charge in [-0.15, -0.1) is 0 Å². The molecule has 0 aliphatic rings. The van der Waals surface area contributed by atoms with Crippen LogP contribution in [0.2, 0.25) is 0 Å². The lowest BCUT2D eigenvalue weighted by molar-refractivity contribution is 0.609. The van der Waals surface area contributed by atoms with Gasteiger partial charge >= 0.3 is 5.56 Å². The largest absolute Gasteiger partial charge is 0.458 e. The first kappa shape index (κ1) is 5.22. The van der Waals surface area contributed by atoms with Crippen LogP contribution in [0.4, 0.5) is 0 Å². The number of hydrogen-bond donors (Lipinski definition) is 1. The minimum atomic E-state index is -0.289. The van der Waals surface area contributed by atoms with Gasteiger partial charge in [-0.2, -0.15) is 5.10 Å². The highest BCUT2D eigenvalue weighted by molar-refractivity contribution is 5.74. The van der Waals surface area contributed by atoms with Gasteiger partial charge in [-0.25, -0.2) is 5.10 Å². The average Bonchev–Trinajstić information content (AvgIpc) is 2.36. The van der Waals surface area contributed by atoms with E-state index in [1.165, 1.54) is 6.26 Å². The van der Waals surface area contributed by atoms with Crippen molar-refractivity contribution in [1.29, 1.82) is 0 Å². The second kappa shape index (κ2) is 1.70. The van der Waals surface area contributed by atoms with Crippen LogP contribution in [-0.4, -0.2) is 10.2 Å². The molecular formula is C6H4N2O2. The van der Waals surface area contributed by atoms with Gasteiger partial charge in [0.1, 0.15) is 0 Å². The molecule has 2 heterocycles. The molecule has 4 heteroatoms. The van der Waals surface area contributed by atoms with Gasteiger partial charge in [-0.1, -0.05) is 0 Å². The van der Waals surface area contributed by atoms with E-state index in [0.29, 0.717) is 5.58 Å². The smallest absolute Gasteiger partial charge is 0.307 e. The van der Waals surface area contributed by atoms with Gasteiger partial charge in [-0.05, 0) is 6.07 Å². The molecule has 0 spiro atoms. The van der Waals surface area contributed by atoms with Crippen molar-refractivity contribution >= 4 is 11.0 Å². The zero-order valence-electron chi connectivity index (χ0n) is 5.00.